The normalized spacial score (nSPS) is 10.7. The Morgan fingerprint density at radius 3 is 2.39 bits per heavy atom. The van der Waals surface area contributed by atoms with E-state index in [0.717, 1.165) is 9.15 Å². The topological polar surface area (TPSA) is 84.0 Å². The van der Waals surface area contributed by atoms with Crippen LogP contribution in [-0.2, 0) is 11.3 Å². The van der Waals surface area contributed by atoms with Crippen molar-refractivity contribution in [3.63, 3.8) is 0 Å². The summed E-state index contributed by atoms with van der Waals surface area (Å²) in [7, 11) is 0. The fourth-order valence-electron chi connectivity index (χ4n) is 2.24. The summed E-state index contributed by atoms with van der Waals surface area (Å²) in [5, 5.41) is 5.69. The lowest BCUT2D eigenvalue weighted by atomic mass is 10.2. The molecule has 0 spiro atoms. The third kappa shape index (κ3) is 3.24. The van der Waals surface area contributed by atoms with Crippen LogP contribution in [0.1, 0.15) is 0 Å². The van der Waals surface area contributed by atoms with Crippen molar-refractivity contribution in [2.75, 3.05) is 5.32 Å². The Labute approximate surface area is 138 Å². The van der Waals surface area contributed by atoms with Gasteiger partial charge >= 0.3 is 0 Å². The molecule has 3 aromatic rings. The second-order valence-electron chi connectivity index (χ2n) is 4.93. The van der Waals surface area contributed by atoms with E-state index in [4.69, 9.17) is 0 Å². The van der Waals surface area contributed by atoms with Gasteiger partial charge in [-0.05, 0) is 36.4 Å². The Kier molecular flexibility index (Phi) is 4.12. The molecule has 0 bridgehead atoms. The quantitative estimate of drug-likeness (QED) is 0.737. The van der Waals surface area contributed by atoms with Crippen LogP contribution >= 0.6 is 15.9 Å². The number of hydrogen-bond donors (Lipinski definition) is 2. The Balaban J connectivity index is 1.88. The molecular weight excluding hydrogens is 362 g/mol. The van der Waals surface area contributed by atoms with E-state index in [1.807, 2.05) is 0 Å². The minimum Gasteiger partial charge on any atom is -0.324 e. The van der Waals surface area contributed by atoms with E-state index < -0.39 is 17.0 Å². The number of anilines is 1. The molecule has 0 saturated carbocycles. The van der Waals surface area contributed by atoms with Crippen molar-refractivity contribution in [3.8, 4) is 0 Å². The number of fused-ring (bicyclic) bond motifs is 1. The number of H-pyrrole nitrogens is 1. The largest absolute Gasteiger partial charge is 0.324 e. The number of nitrogens with one attached hydrogen (secondary N) is 2. The lowest BCUT2D eigenvalue weighted by Gasteiger charge is -2.08. The number of halogens is 1. The lowest BCUT2D eigenvalue weighted by Crippen LogP contribution is -2.34. The standard InChI is InChI=1S/C16H12BrN3O3/c17-10-5-7-11(8-6-10)18-14(21)9-20-16(23)13-4-2-1-3-12(13)15(22)19-20/h1-8H,9H2,(H,18,21)(H,19,22). The number of carbonyl (C=O) groups excluding carboxylic acids is 1. The number of aromatic amines is 1. The van der Waals surface area contributed by atoms with Crippen LogP contribution < -0.4 is 16.4 Å². The number of carbonyl (C=O) groups is 1. The minimum atomic E-state index is -0.411. The van der Waals surface area contributed by atoms with Gasteiger partial charge in [0.05, 0.1) is 10.8 Å². The second-order valence-corrected chi connectivity index (χ2v) is 5.85. The van der Waals surface area contributed by atoms with Crippen LogP contribution in [0.3, 0.4) is 0 Å². The highest BCUT2D eigenvalue weighted by molar-refractivity contribution is 9.10. The molecule has 1 aromatic heterocycles. The average Bonchev–Trinajstić information content (AvgIpc) is 2.54. The highest BCUT2D eigenvalue weighted by Crippen LogP contribution is 2.14. The van der Waals surface area contributed by atoms with Gasteiger partial charge in [-0.3, -0.25) is 19.5 Å². The average molecular weight is 374 g/mol. The fraction of sp³-hybridized carbons (Fsp3) is 0.0625. The van der Waals surface area contributed by atoms with E-state index in [0.29, 0.717) is 11.1 Å². The Morgan fingerprint density at radius 1 is 1.04 bits per heavy atom. The van der Waals surface area contributed by atoms with Gasteiger partial charge in [0.1, 0.15) is 6.54 Å². The summed E-state index contributed by atoms with van der Waals surface area (Å²) in [4.78, 5) is 36.4. The highest BCUT2D eigenvalue weighted by atomic mass is 79.9. The molecule has 0 aliphatic rings. The van der Waals surface area contributed by atoms with Crippen LogP contribution in [0, 0.1) is 0 Å². The van der Waals surface area contributed by atoms with Gasteiger partial charge in [0.15, 0.2) is 0 Å². The van der Waals surface area contributed by atoms with Gasteiger partial charge in [-0.1, -0.05) is 28.1 Å². The van der Waals surface area contributed by atoms with Crippen LogP contribution in [-0.4, -0.2) is 15.7 Å². The molecule has 3 rings (SSSR count). The van der Waals surface area contributed by atoms with E-state index in [-0.39, 0.29) is 11.9 Å². The first-order chi connectivity index (χ1) is 11.0. The first-order valence-electron chi connectivity index (χ1n) is 6.82. The number of aromatic nitrogens is 2. The monoisotopic (exact) mass is 373 g/mol. The molecule has 0 aliphatic carbocycles. The molecule has 0 unspecified atom stereocenters. The summed E-state index contributed by atoms with van der Waals surface area (Å²) in [5.74, 6) is -0.402. The molecule has 1 amide bonds. The Hall–Kier alpha value is -2.67. The van der Waals surface area contributed by atoms with Crippen LogP contribution in [0.15, 0.2) is 62.6 Å². The SMILES string of the molecule is O=C(Cn1[nH]c(=O)c2ccccc2c1=O)Nc1ccc(Br)cc1. The maximum Gasteiger partial charge on any atom is 0.273 e. The van der Waals surface area contributed by atoms with E-state index in [9.17, 15) is 14.4 Å². The number of nitrogens with zero attached hydrogens (tertiary/aromatic N) is 1. The van der Waals surface area contributed by atoms with Crippen molar-refractivity contribution in [1.29, 1.82) is 0 Å². The van der Waals surface area contributed by atoms with Crippen molar-refractivity contribution in [3.05, 3.63) is 73.7 Å². The lowest BCUT2D eigenvalue weighted by molar-refractivity contribution is -0.117. The maximum absolute atomic E-state index is 12.3. The molecule has 0 radical (unpaired) electrons. The summed E-state index contributed by atoms with van der Waals surface area (Å²) < 4.78 is 1.91. The Bertz CT molecular complexity index is 990. The zero-order valence-corrected chi connectivity index (χ0v) is 13.5. The number of benzene rings is 2. The molecular formula is C16H12BrN3O3. The molecule has 6 nitrogen and oxygen atoms in total. The molecule has 0 fully saturated rings. The first-order valence-corrected chi connectivity index (χ1v) is 7.61. The van der Waals surface area contributed by atoms with E-state index in [2.05, 4.69) is 26.3 Å². The summed E-state index contributed by atoms with van der Waals surface area (Å²) >= 11 is 3.31. The molecule has 0 atom stereocenters. The van der Waals surface area contributed by atoms with Gasteiger partial charge in [0.2, 0.25) is 5.91 Å². The summed E-state index contributed by atoms with van der Waals surface area (Å²) in [5.41, 5.74) is -0.211. The van der Waals surface area contributed by atoms with Crippen molar-refractivity contribution in [2.45, 2.75) is 6.54 Å². The molecule has 7 heteroatoms. The van der Waals surface area contributed by atoms with Gasteiger partial charge in [0, 0.05) is 10.2 Å². The summed E-state index contributed by atoms with van der Waals surface area (Å²) in [6.07, 6.45) is 0. The molecule has 1 heterocycles. The third-order valence-electron chi connectivity index (χ3n) is 3.31. The van der Waals surface area contributed by atoms with Gasteiger partial charge < -0.3 is 5.32 Å². The third-order valence-corrected chi connectivity index (χ3v) is 3.84. The molecule has 2 aromatic carbocycles. The van der Waals surface area contributed by atoms with Crippen LogP contribution in [0.4, 0.5) is 5.69 Å². The van der Waals surface area contributed by atoms with Crippen molar-refractivity contribution < 1.29 is 4.79 Å². The zero-order chi connectivity index (χ0) is 16.4. The Morgan fingerprint density at radius 2 is 1.70 bits per heavy atom. The van der Waals surface area contributed by atoms with Crippen molar-refractivity contribution >= 4 is 38.3 Å². The van der Waals surface area contributed by atoms with Gasteiger partial charge in [0.25, 0.3) is 11.1 Å². The van der Waals surface area contributed by atoms with E-state index in [1.165, 1.54) is 0 Å². The summed E-state index contributed by atoms with van der Waals surface area (Å²) in [6.45, 7) is -0.269. The number of amides is 1. The summed E-state index contributed by atoms with van der Waals surface area (Å²) in [6, 6.07) is 13.5. The van der Waals surface area contributed by atoms with Crippen molar-refractivity contribution in [1.82, 2.24) is 9.78 Å². The van der Waals surface area contributed by atoms with E-state index >= 15 is 0 Å². The number of hydrogen-bond acceptors (Lipinski definition) is 3. The molecule has 0 aliphatic heterocycles. The molecule has 23 heavy (non-hydrogen) atoms. The molecule has 2 N–H and O–H groups in total. The van der Waals surface area contributed by atoms with Crippen LogP contribution in [0.5, 0.6) is 0 Å². The van der Waals surface area contributed by atoms with Crippen LogP contribution in [0.2, 0.25) is 0 Å². The number of rotatable bonds is 3. The zero-order valence-electron chi connectivity index (χ0n) is 11.9. The molecule has 0 saturated heterocycles. The fourth-order valence-corrected chi connectivity index (χ4v) is 2.50. The second kappa shape index (κ2) is 6.21. The van der Waals surface area contributed by atoms with Gasteiger partial charge in [-0.2, -0.15) is 0 Å². The van der Waals surface area contributed by atoms with E-state index in [1.54, 1.807) is 48.5 Å². The predicted octanol–water partition coefficient (Wildman–Crippen LogP) is 2.09. The smallest absolute Gasteiger partial charge is 0.273 e. The van der Waals surface area contributed by atoms with Gasteiger partial charge in [-0.25, -0.2) is 4.68 Å². The minimum absolute atomic E-state index is 0.269. The predicted molar refractivity (Wildman–Crippen MR) is 91.6 cm³/mol. The highest BCUT2D eigenvalue weighted by Gasteiger charge is 2.10. The first kappa shape index (κ1) is 15.2. The van der Waals surface area contributed by atoms with Crippen molar-refractivity contribution in [2.24, 2.45) is 0 Å². The van der Waals surface area contributed by atoms with Gasteiger partial charge in [-0.15, -0.1) is 0 Å². The molecule has 116 valence electrons. The van der Waals surface area contributed by atoms with Crippen LogP contribution in [0.25, 0.3) is 10.8 Å². The maximum atomic E-state index is 12.3.